The predicted molar refractivity (Wildman–Crippen MR) is 106 cm³/mol. The fourth-order valence-electron chi connectivity index (χ4n) is 3.10. The fraction of sp³-hybridized carbons (Fsp3) is 0.143. The molecule has 5 heteroatoms. The normalized spacial score (nSPS) is 12.3. The monoisotopic (exact) mass is 362 g/mol. The number of benzene rings is 2. The zero-order valence-corrected chi connectivity index (χ0v) is 15.3. The molecule has 0 unspecified atom stereocenters. The van der Waals surface area contributed by atoms with Crippen molar-refractivity contribution < 1.29 is 5.32 Å². The molecule has 2 aromatic carbocycles. The van der Waals surface area contributed by atoms with Crippen molar-refractivity contribution in [2.24, 2.45) is 0 Å². The lowest BCUT2D eigenvalue weighted by Crippen LogP contribution is -2.83. The van der Waals surface area contributed by atoms with Crippen molar-refractivity contribution >= 4 is 21.6 Å². The van der Waals surface area contributed by atoms with Crippen LogP contribution < -0.4 is 10.9 Å². The SMILES string of the molecule is C[C@H]([NH2+]Cc1nc2scc(-c3ccccc3)c2c(=O)[nH]1)c1ccccc1. The number of nitrogens with one attached hydrogen (secondary N) is 1. The number of H-pyrrole nitrogens is 1. The Morgan fingerprint density at radius 1 is 1.08 bits per heavy atom. The van der Waals surface area contributed by atoms with Gasteiger partial charge in [-0.15, -0.1) is 11.3 Å². The highest BCUT2D eigenvalue weighted by Gasteiger charge is 2.14. The van der Waals surface area contributed by atoms with Crippen LogP contribution in [0, 0.1) is 0 Å². The Kier molecular flexibility index (Phi) is 4.65. The number of hydrogen-bond acceptors (Lipinski definition) is 3. The molecule has 4 rings (SSSR count). The largest absolute Gasteiger partial charge is 0.334 e. The molecule has 0 aliphatic rings. The van der Waals surface area contributed by atoms with Crippen molar-refractivity contribution in [3.63, 3.8) is 0 Å². The van der Waals surface area contributed by atoms with Gasteiger partial charge in [0, 0.05) is 16.5 Å². The minimum Gasteiger partial charge on any atom is -0.334 e. The standard InChI is InChI=1S/C21H19N3OS/c1-14(15-8-4-2-5-9-15)22-12-18-23-20(25)19-17(13-26-21(19)24-18)16-10-6-3-7-11-16/h2-11,13-14,22H,12H2,1H3,(H,23,24,25)/p+1/t14-/m0/s1. The van der Waals surface area contributed by atoms with Gasteiger partial charge in [0.2, 0.25) is 0 Å². The van der Waals surface area contributed by atoms with Crippen molar-refractivity contribution in [2.75, 3.05) is 0 Å². The summed E-state index contributed by atoms with van der Waals surface area (Å²) in [6, 6.07) is 20.6. The summed E-state index contributed by atoms with van der Waals surface area (Å²) in [6.07, 6.45) is 0. The second kappa shape index (κ2) is 7.23. The first-order chi connectivity index (χ1) is 12.7. The van der Waals surface area contributed by atoms with E-state index in [9.17, 15) is 4.79 Å². The number of quaternary nitrogens is 1. The van der Waals surface area contributed by atoms with E-state index in [1.54, 1.807) is 0 Å². The van der Waals surface area contributed by atoms with Gasteiger partial charge in [-0.05, 0) is 12.5 Å². The van der Waals surface area contributed by atoms with E-state index in [1.807, 2.05) is 53.9 Å². The van der Waals surface area contributed by atoms with Gasteiger partial charge in [0.25, 0.3) is 5.56 Å². The van der Waals surface area contributed by atoms with Gasteiger partial charge in [0.05, 0.1) is 5.39 Å². The van der Waals surface area contributed by atoms with Crippen molar-refractivity contribution in [1.29, 1.82) is 0 Å². The number of nitrogens with two attached hydrogens (primary N) is 1. The average Bonchev–Trinajstić information content (AvgIpc) is 3.12. The summed E-state index contributed by atoms with van der Waals surface area (Å²) in [5.74, 6) is 0.715. The maximum Gasteiger partial charge on any atom is 0.260 e. The number of fused-ring (bicyclic) bond motifs is 1. The Morgan fingerprint density at radius 3 is 2.50 bits per heavy atom. The van der Waals surface area contributed by atoms with Crippen LogP contribution in [0.15, 0.2) is 70.8 Å². The highest BCUT2D eigenvalue weighted by molar-refractivity contribution is 7.17. The molecule has 0 saturated heterocycles. The van der Waals surface area contributed by atoms with Crippen LogP contribution in [0.25, 0.3) is 21.3 Å². The predicted octanol–water partition coefficient (Wildman–Crippen LogP) is 3.48. The minimum atomic E-state index is -0.0640. The highest BCUT2D eigenvalue weighted by atomic mass is 32.1. The van der Waals surface area contributed by atoms with E-state index in [4.69, 9.17) is 0 Å². The molecule has 0 aliphatic heterocycles. The Morgan fingerprint density at radius 2 is 1.77 bits per heavy atom. The number of hydrogen-bond donors (Lipinski definition) is 2. The quantitative estimate of drug-likeness (QED) is 0.571. The molecule has 3 N–H and O–H groups in total. The van der Waals surface area contributed by atoms with Gasteiger partial charge >= 0.3 is 0 Å². The van der Waals surface area contributed by atoms with Gasteiger partial charge in [-0.2, -0.15) is 0 Å². The maximum absolute atomic E-state index is 12.7. The lowest BCUT2D eigenvalue weighted by Gasteiger charge is -2.10. The van der Waals surface area contributed by atoms with E-state index in [-0.39, 0.29) is 5.56 Å². The summed E-state index contributed by atoms with van der Waals surface area (Å²) in [4.78, 5) is 21.1. The first-order valence-corrected chi connectivity index (χ1v) is 9.54. The lowest BCUT2D eigenvalue weighted by molar-refractivity contribution is -0.708. The van der Waals surface area contributed by atoms with Crippen LogP contribution in [0.3, 0.4) is 0 Å². The van der Waals surface area contributed by atoms with Crippen molar-refractivity contribution in [1.82, 2.24) is 9.97 Å². The lowest BCUT2D eigenvalue weighted by atomic mass is 10.1. The van der Waals surface area contributed by atoms with Crippen LogP contribution in [-0.4, -0.2) is 9.97 Å². The van der Waals surface area contributed by atoms with E-state index >= 15 is 0 Å². The van der Waals surface area contributed by atoms with Crippen LogP contribution in [0.5, 0.6) is 0 Å². The second-order valence-electron chi connectivity index (χ2n) is 6.35. The summed E-state index contributed by atoms with van der Waals surface area (Å²) in [5, 5.41) is 4.88. The summed E-state index contributed by atoms with van der Waals surface area (Å²) in [5.41, 5.74) is 3.19. The molecule has 2 heterocycles. The van der Waals surface area contributed by atoms with Gasteiger partial charge in [-0.1, -0.05) is 60.7 Å². The number of rotatable bonds is 5. The van der Waals surface area contributed by atoms with Crippen LogP contribution >= 0.6 is 11.3 Å². The maximum atomic E-state index is 12.7. The molecule has 0 radical (unpaired) electrons. The Balaban J connectivity index is 1.60. The molecule has 2 aromatic heterocycles. The third-order valence-electron chi connectivity index (χ3n) is 4.57. The van der Waals surface area contributed by atoms with Crippen LogP contribution in [0.2, 0.25) is 0 Å². The van der Waals surface area contributed by atoms with Crippen LogP contribution in [0.1, 0.15) is 24.4 Å². The molecule has 4 nitrogen and oxygen atoms in total. The molecule has 4 aromatic rings. The minimum absolute atomic E-state index is 0.0640. The molecule has 0 amide bonds. The van der Waals surface area contributed by atoms with Gasteiger partial charge in [-0.3, -0.25) is 4.79 Å². The van der Waals surface area contributed by atoms with E-state index in [0.29, 0.717) is 23.8 Å². The molecule has 0 saturated carbocycles. The van der Waals surface area contributed by atoms with Gasteiger partial charge in [0.1, 0.15) is 17.4 Å². The summed E-state index contributed by atoms with van der Waals surface area (Å²) in [6.45, 7) is 2.80. The zero-order chi connectivity index (χ0) is 17.9. The highest BCUT2D eigenvalue weighted by Crippen LogP contribution is 2.30. The Labute approximate surface area is 155 Å². The molecule has 0 spiro atoms. The number of nitrogens with zero attached hydrogens (tertiary/aromatic N) is 1. The molecule has 130 valence electrons. The molecule has 26 heavy (non-hydrogen) atoms. The van der Waals surface area contributed by atoms with Crippen LogP contribution in [-0.2, 0) is 6.54 Å². The molecular weight excluding hydrogens is 342 g/mol. The van der Waals surface area contributed by atoms with E-state index in [0.717, 1.165) is 16.0 Å². The summed E-state index contributed by atoms with van der Waals surface area (Å²) < 4.78 is 0. The van der Waals surface area contributed by atoms with Crippen molar-refractivity contribution in [3.8, 4) is 11.1 Å². The molecule has 0 fully saturated rings. The fourth-order valence-corrected chi connectivity index (χ4v) is 4.07. The average molecular weight is 362 g/mol. The molecule has 1 atom stereocenters. The second-order valence-corrected chi connectivity index (χ2v) is 7.21. The van der Waals surface area contributed by atoms with Gasteiger partial charge in [-0.25, -0.2) is 4.98 Å². The Hall–Kier alpha value is -2.76. The zero-order valence-electron chi connectivity index (χ0n) is 14.5. The Bertz CT molecular complexity index is 1070. The number of thiophene rings is 1. The van der Waals surface area contributed by atoms with E-state index in [1.165, 1.54) is 16.9 Å². The first-order valence-electron chi connectivity index (χ1n) is 8.66. The summed E-state index contributed by atoms with van der Waals surface area (Å²) in [7, 11) is 0. The molecule has 0 aliphatic carbocycles. The third kappa shape index (κ3) is 3.31. The number of aromatic amines is 1. The third-order valence-corrected chi connectivity index (χ3v) is 5.44. The topological polar surface area (TPSA) is 62.4 Å². The molecular formula is C21H20N3OS+. The molecule has 0 bridgehead atoms. The number of aromatic nitrogens is 2. The van der Waals surface area contributed by atoms with Crippen molar-refractivity contribution in [2.45, 2.75) is 19.5 Å². The van der Waals surface area contributed by atoms with Gasteiger partial charge < -0.3 is 10.3 Å². The smallest absolute Gasteiger partial charge is 0.260 e. The van der Waals surface area contributed by atoms with Gasteiger partial charge in [0.15, 0.2) is 5.82 Å². The van der Waals surface area contributed by atoms with Crippen LogP contribution in [0.4, 0.5) is 0 Å². The van der Waals surface area contributed by atoms with E-state index < -0.39 is 0 Å². The van der Waals surface area contributed by atoms with E-state index in [2.05, 4.69) is 34.3 Å². The summed E-state index contributed by atoms with van der Waals surface area (Å²) >= 11 is 1.52. The first kappa shape index (κ1) is 16.7. The van der Waals surface area contributed by atoms with Crippen molar-refractivity contribution in [3.05, 3.63) is 87.8 Å².